The van der Waals surface area contributed by atoms with E-state index in [4.69, 9.17) is 11.6 Å². The van der Waals surface area contributed by atoms with E-state index in [9.17, 15) is 14.4 Å². The van der Waals surface area contributed by atoms with Gasteiger partial charge in [-0.25, -0.2) is 0 Å². The lowest BCUT2D eigenvalue weighted by Gasteiger charge is -2.37. The Morgan fingerprint density at radius 1 is 1.05 bits per heavy atom. The molecule has 1 aromatic carbocycles. The molecule has 20 heavy (non-hydrogen) atoms. The van der Waals surface area contributed by atoms with Crippen LogP contribution in [0.1, 0.15) is 18.4 Å². The van der Waals surface area contributed by atoms with Gasteiger partial charge in [0, 0.05) is 37.6 Å². The molecule has 5 nitrogen and oxygen atoms in total. The average molecular weight is 293 g/mol. The number of carbonyl (C=O) groups excluding carboxylic acids is 3. The third kappa shape index (κ3) is 1.53. The molecule has 3 rings (SSSR count). The maximum Gasteiger partial charge on any atom is 0.240 e. The summed E-state index contributed by atoms with van der Waals surface area (Å²) in [7, 11) is 3.11. The molecule has 2 heterocycles. The number of rotatable bonds is 0. The third-order valence-corrected chi connectivity index (χ3v) is 4.44. The van der Waals surface area contributed by atoms with Gasteiger partial charge in [0.2, 0.25) is 17.7 Å². The zero-order valence-corrected chi connectivity index (χ0v) is 11.9. The van der Waals surface area contributed by atoms with E-state index in [2.05, 4.69) is 0 Å². The maximum absolute atomic E-state index is 12.5. The Balaban J connectivity index is 2.27. The Hall–Kier alpha value is -1.88. The van der Waals surface area contributed by atoms with Crippen LogP contribution in [0, 0.1) is 0 Å². The van der Waals surface area contributed by atoms with Crippen molar-refractivity contribution >= 4 is 35.0 Å². The van der Waals surface area contributed by atoms with E-state index in [0.29, 0.717) is 16.3 Å². The van der Waals surface area contributed by atoms with Crippen molar-refractivity contribution in [3.05, 3.63) is 28.8 Å². The van der Waals surface area contributed by atoms with E-state index in [1.807, 2.05) is 0 Å². The summed E-state index contributed by atoms with van der Waals surface area (Å²) in [6.07, 6.45) is 0.0288. The molecule has 6 heteroatoms. The van der Waals surface area contributed by atoms with E-state index in [1.54, 1.807) is 25.2 Å². The molecule has 1 atom stereocenters. The average Bonchev–Trinajstić information content (AvgIpc) is 2.62. The zero-order chi connectivity index (χ0) is 14.7. The van der Waals surface area contributed by atoms with Crippen molar-refractivity contribution < 1.29 is 14.4 Å². The molecule has 1 saturated heterocycles. The highest BCUT2D eigenvalue weighted by Crippen LogP contribution is 2.47. The monoisotopic (exact) mass is 292 g/mol. The Morgan fingerprint density at radius 2 is 1.65 bits per heavy atom. The molecule has 0 N–H and O–H groups in total. The minimum atomic E-state index is -1.09. The normalized spacial score (nSPS) is 25.6. The van der Waals surface area contributed by atoms with Crippen LogP contribution in [0.15, 0.2) is 18.2 Å². The van der Waals surface area contributed by atoms with E-state index in [1.165, 1.54) is 11.9 Å². The minimum absolute atomic E-state index is 0.00571. The number of hydrogen-bond donors (Lipinski definition) is 0. The van der Waals surface area contributed by atoms with Crippen LogP contribution in [0.4, 0.5) is 5.69 Å². The summed E-state index contributed by atoms with van der Waals surface area (Å²) in [4.78, 5) is 39.2. The first-order chi connectivity index (χ1) is 9.36. The number of amides is 3. The Labute approximate surface area is 121 Å². The summed E-state index contributed by atoms with van der Waals surface area (Å²) in [6, 6.07) is 5.07. The molecule has 3 amide bonds. The molecule has 0 radical (unpaired) electrons. The molecule has 0 saturated carbocycles. The second-order valence-corrected chi connectivity index (χ2v) is 5.74. The number of fused-ring (bicyclic) bond motifs is 2. The number of imide groups is 1. The van der Waals surface area contributed by atoms with Gasteiger partial charge in [-0.15, -0.1) is 0 Å². The van der Waals surface area contributed by atoms with Gasteiger partial charge in [0.1, 0.15) is 0 Å². The van der Waals surface area contributed by atoms with Crippen LogP contribution in [0.3, 0.4) is 0 Å². The summed E-state index contributed by atoms with van der Waals surface area (Å²) in [6.45, 7) is 0. The van der Waals surface area contributed by atoms with Crippen LogP contribution in [-0.4, -0.2) is 36.7 Å². The first kappa shape index (κ1) is 13.1. The van der Waals surface area contributed by atoms with Gasteiger partial charge in [-0.2, -0.15) is 0 Å². The van der Waals surface area contributed by atoms with Gasteiger partial charge < -0.3 is 4.90 Å². The van der Waals surface area contributed by atoms with Gasteiger partial charge >= 0.3 is 0 Å². The number of anilines is 1. The second-order valence-electron chi connectivity index (χ2n) is 5.31. The number of carbonyl (C=O) groups is 3. The van der Waals surface area contributed by atoms with Gasteiger partial charge in [0.15, 0.2) is 0 Å². The van der Waals surface area contributed by atoms with Gasteiger partial charge in [0.05, 0.1) is 5.41 Å². The van der Waals surface area contributed by atoms with Crippen LogP contribution in [0.25, 0.3) is 0 Å². The largest absolute Gasteiger partial charge is 0.315 e. The summed E-state index contributed by atoms with van der Waals surface area (Å²) < 4.78 is 0. The minimum Gasteiger partial charge on any atom is -0.315 e. The quantitative estimate of drug-likeness (QED) is 0.678. The van der Waals surface area contributed by atoms with Crippen LogP contribution in [-0.2, 0) is 19.8 Å². The molecule has 1 aromatic rings. The van der Waals surface area contributed by atoms with Crippen LogP contribution in [0.5, 0.6) is 0 Å². The topological polar surface area (TPSA) is 57.7 Å². The second kappa shape index (κ2) is 4.06. The van der Waals surface area contributed by atoms with E-state index < -0.39 is 5.41 Å². The Bertz CT molecular complexity index is 658. The third-order valence-electron chi connectivity index (χ3n) is 4.20. The SMILES string of the molecule is CN1C(=O)C[C@@]2(CC(=O)N(C)c3ccc(Cl)cc32)C1=O. The number of likely N-dealkylation sites (tertiary alicyclic amines) is 1. The first-order valence-corrected chi connectivity index (χ1v) is 6.62. The predicted octanol–water partition coefficient (Wildman–Crippen LogP) is 1.33. The summed E-state index contributed by atoms with van der Waals surface area (Å²) in [5.74, 6) is -0.762. The lowest BCUT2D eigenvalue weighted by molar-refractivity contribution is -0.139. The highest BCUT2D eigenvalue weighted by atomic mass is 35.5. The maximum atomic E-state index is 12.5. The summed E-state index contributed by atoms with van der Waals surface area (Å²) in [5, 5.41) is 0.487. The zero-order valence-electron chi connectivity index (χ0n) is 11.1. The molecule has 1 fully saturated rings. The smallest absolute Gasteiger partial charge is 0.240 e. The van der Waals surface area contributed by atoms with E-state index in [0.717, 1.165) is 4.90 Å². The number of halogens is 1. The van der Waals surface area contributed by atoms with Gasteiger partial charge in [-0.05, 0) is 23.8 Å². The molecule has 0 aromatic heterocycles. The standard InChI is InChI=1S/C14H13ClN2O3/c1-16-10-4-3-8(15)5-9(10)14(6-11(16)18)7-12(19)17(2)13(14)20/h3-5H,6-7H2,1-2H3/t14-/m1/s1. The van der Waals surface area contributed by atoms with Gasteiger partial charge in [-0.1, -0.05) is 11.6 Å². The highest BCUT2D eigenvalue weighted by Gasteiger charge is 2.56. The van der Waals surface area contributed by atoms with Crippen molar-refractivity contribution in [3.8, 4) is 0 Å². The molecule has 2 aliphatic heterocycles. The van der Waals surface area contributed by atoms with E-state index >= 15 is 0 Å². The Kier molecular flexibility index (Phi) is 2.66. The number of nitrogens with zero attached hydrogens (tertiary/aromatic N) is 2. The molecule has 0 aliphatic carbocycles. The predicted molar refractivity (Wildman–Crippen MR) is 73.6 cm³/mol. The van der Waals surface area contributed by atoms with Crippen LogP contribution < -0.4 is 4.90 Å². The van der Waals surface area contributed by atoms with Crippen molar-refractivity contribution in [2.45, 2.75) is 18.3 Å². The number of likely N-dealkylation sites (N-methyl/N-ethyl adjacent to an activating group) is 1. The summed E-state index contributed by atoms with van der Waals surface area (Å²) >= 11 is 6.03. The lowest BCUT2D eigenvalue weighted by atomic mass is 9.72. The fourth-order valence-corrected chi connectivity index (χ4v) is 3.20. The Morgan fingerprint density at radius 3 is 2.25 bits per heavy atom. The molecule has 1 spiro atoms. The molecular weight excluding hydrogens is 280 g/mol. The summed E-state index contributed by atoms with van der Waals surface area (Å²) in [5.41, 5.74) is 0.215. The van der Waals surface area contributed by atoms with Crippen molar-refractivity contribution in [1.82, 2.24) is 4.90 Å². The number of hydrogen-bond acceptors (Lipinski definition) is 3. The van der Waals surface area contributed by atoms with Crippen LogP contribution >= 0.6 is 11.6 Å². The van der Waals surface area contributed by atoms with Crippen molar-refractivity contribution in [2.75, 3.05) is 19.0 Å². The first-order valence-electron chi connectivity index (χ1n) is 6.24. The van der Waals surface area contributed by atoms with Crippen molar-refractivity contribution in [2.24, 2.45) is 0 Å². The molecular formula is C14H13ClN2O3. The van der Waals surface area contributed by atoms with Crippen molar-refractivity contribution in [1.29, 1.82) is 0 Å². The van der Waals surface area contributed by atoms with Crippen LogP contribution in [0.2, 0.25) is 5.02 Å². The van der Waals surface area contributed by atoms with Gasteiger partial charge in [0.25, 0.3) is 0 Å². The van der Waals surface area contributed by atoms with Gasteiger partial charge in [-0.3, -0.25) is 19.3 Å². The highest BCUT2D eigenvalue weighted by molar-refractivity contribution is 6.31. The molecule has 0 bridgehead atoms. The number of benzene rings is 1. The molecule has 0 unspecified atom stereocenters. The van der Waals surface area contributed by atoms with E-state index in [-0.39, 0.29) is 30.6 Å². The lowest BCUT2D eigenvalue weighted by Crippen LogP contribution is -2.46. The molecule has 104 valence electrons. The van der Waals surface area contributed by atoms with Crippen molar-refractivity contribution in [3.63, 3.8) is 0 Å². The fourth-order valence-electron chi connectivity index (χ4n) is 3.03. The molecule has 2 aliphatic rings. The fraction of sp³-hybridized carbons (Fsp3) is 0.357.